The summed E-state index contributed by atoms with van der Waals surface area (Å²) < 4.78 is 38.7. The second-order valence-electron chi connectivity index (χ2n) is 7.06. The number of alkyl halides is 3. The monoisotopic (exact) mass is 490 g/mol. The molecule has 5 N–H and O–H groups in total. The number of carboxylic acids is 1. The summed E-state index contributed by atoms with van der Waals surface area (Å²) in [7, 11) is 1.63. The normalized spacial score (nSPS) is 11.0. The van der Waals surface area contributed by atoms with E-state index in [0.29, 0.717) is 29.2 Å². The molecular weight excluding hydrogens is 469 g/mol. The maximum absolute atomic E-state index is 12.7. The van der Waals surface area contributed by atoms with Gasteiger partial charge < -0.3 is 25.9 Å². The summed E-state index contributed by atoms with van der Waals surface area (Å²) in [5.41, 5.74) is 7.58. The molecular formula is C22H21F3N6O4. The van der Waals surface area contributed by atoms with Crippen LogP contribution in [0.5, 0.6) is 5.75 Å². The number of aliphatic carboxylic acids is 1. The molecule has 0 fully saturated rings. The number of nitrogens with one attached hydrogen (secondary N) is 2. The van der Waals surface area contributed by atoms with Gasteiger partial charge in [-0.2, -0.15) is 13.2 Å². The number of halogens is 3. The molecule has 4 rings (SSSR count). The SMILES string of the molecule is COc1ccc(Cn2nc3nc(CN)[nH]c(=O)c3c2Nc2ccccc2)cc1.O=C(O)C(F)(F)F. The molecule has 10 nitrogen and oxygen atoms in total. The van der Waals surface area contributed by atoms with Crippen molar-refractivity contribution in [3.63, 3.8) is 0 Å². The van der Waals surface area contributed by atoms with Crippen LogP contribution in [0, 0.1) is 0 Å². The Morgan fingerprint density at radius 3 is 2.34 bits per heavy atom. The van der Waals surface area contributed by atoms with Crippen LogP contribution >= 0.6 is 0 Å². The van der Waals surface area contributed by atoms with Crippen molar-refractivity contribution < 1.29 is 27.8 Å². The third-order valence-electron chi connectivity index (χ3n) is 4.62. The number of hydrogen-bond donors (Lipinski definition) is 4. The number of carbonyl (C=O) groups is 1. The lowest BCUT2D eigenvalue weighted by molar-refractivity contribution is -0.192. The number of carboxylic acid groups (broad SMARTS) is 1. The summed E-state index contributed by atoms with van der Waals surface area (Å²) in [4.78, 5) is 28.6. The number of methoxy groups -OCH3 is 1. The number of anilines is 2. The Balaban J connectivity index is 0.000000429. The Morgan fingerprint density at radius 2 is 1.80 bits per heavy atom. The van der Waals surface area contributed by atoms with E-state index in [2.05, 4.69) is 20.4 Å². The van der Waals surface area contributed by atoms with Crippen molar-refractivity contribution in [2.24, 2.45) is 5.73 Å². The van der Waals surface area contributed by atoms with E-state index >= 15 is 0 Å². The molecule has 0 saturated heterocycles. The van der Waals surface area contributed by atoms with Crippen LogP contribution in [-0.2, 0) is 17.9 Å². The van der Waals surface area contributed by atoms with E-state index in [1.807, 2.05) is 54.6 Å². The number of aromatic amines is 1. The smallest absolute Gasteiger partial charge is 0.490 e. The maximum Gasteiger partial charge on any atom is 0.490 e. The number of hydrogen-bond acceptors (Lipinski definition) is 7. The average molecular weight is 490 g/mol. The molecule has 35 heavy (non-hydrogen) atoms. The van der Waals surface area contributed by atoms with Gasteiger partial charge >= 0.3 is 12.1 Å². The molecule has 2 aromatic heterocycles. The van der Waals surface area contributed by atoms with Gasteiger partial charge in [0, 0.05) is 5.69 Å². The molecule has 0 saturated carbocycles. The molecule has 0 bridgehead atoms. The lowest BCUT2D eigenvalue weighted by Crippen LogP contribution is -2.21. The van der Waals surface area contributed by atoms with Crippen LogP contribution in [0.4, 0.5) is 24.7 Å². The first kappa shape index (κ1) is 25.2. The molecule has 4 aromatic rings. The van der Waals surface area contributed by atoms with Crippen molar-refractivity contribution in [1.82, 2.24) is 19.7 Å². The van der Waals surface area contributed by atoms with Gasteiger partial charge in [0.15, 0.2) is 5.65 Å². The van der Waals surface area contributed by atoms with Gasteiger partial charge in [-0.1, -0.05) is 30.3 Å². The Kier molecular flexibility index (Phi) is 7.71. The van der Waals surface area contributed by atoms with Crippen LogP contribution in [0.2, 0.25) is 0 Å². The molecule has 13 heteroatoms. The highest BCUT2D eigenvalue weighted by Gasteiger charge is 2.38. The summed E-state index contributed by atoms with van der Waals surface area (Å²) >= 11 is 0. The lowest BCUT2D eigenvalue weighted by Gasteiger charge is -2.10. The number of para-hydroxylation sites is 1. The number of nitrogens with two attached hydrogens (primary N) is 1. The largest absolute Gasteiger partial charge is 0.497 e. The molecule has 0 amide bonds. The van der Waals surface area contributed by atoms with Gasteiger partial charge in [-0.3, -0.25) is 4.79 Å². The average Bonchev–Trinajstić information content (AvgIpc) is 3.17. The minimum Gasteiger partial charge on any atom is -0.497 e. The Morgan fingerprint density at radius 1 is 1.17 bits per heavy atom. The van der Waals surface area contributed by atoms with Gasteiger partial charge in [0.25, 0.3) is 5.56 Å². The van der Waals surface area contributed by atoms with Gasteiger partial charge in [0.2, 0.25) is 0 Å². The number of aromatic nitrogens is 4. The zero-order chi connectivity index (χ0) is 25.6. The van der Waals surface area contributed by atoms with E-state index in [4.69, 9.17) is 20.4 Å². The summed E-state index contributed by atoms with van der Waals surface area (Å²) in [6.07, 6.45) is -5.08. The summed E-state index contributed by atoms with van der Waals surface area (Å²) in [5, 5.41) is 15.4. The fraction of sp³-hybridized carbons (Fsp3) is 0.182. The fourth-order valence-electron chi connectivity index (χ4n) is 2.99. The quantitative estimate of drug-likeness (QED) is 0.322. The summed E-state index contributed by atoms with van der Waals surface area (Å²) in [6, 6.07) is 17.3. The molecule has 184 valence electrons. The molecule has 0 aliphatic heterocycles. The minimum atomic E-state index is -5.08. The number of ether oxygens (including phenoxy) is 1. The van der Waals surface area contributed by atoms with Crippen molar-refractivity contribution in [2.45, 2.75) is 19.3 Å². The van der Waals surface area contributed by atoms with Gasteiger partial charge in [-0.05, 0) is 29.8 Å². The van der Waals surface area contributed by atoms with E-state index < -0.39 is 12.1 Å². The van der Waals surface area contributed by atoms with Gasteiger partial charge in [0.1, 0.15) is 22.8 Å². The standard InChI is InChI=1S/C20H20N6O2.C2HF3O2/c1-28-15-9-7-13(8-10-15)12-26-19(22-14-5-3-2-4-6-14)17-18(25-26)23-16(11-21)24-20(17)27;3-2(4,5)1(6)7/h2-10,22H,11-12,21H2,1H3,(H,23,24,25,27);(H,6,7). The van der Waals surface area contributed by atoms with E-state index in [1.165, 1.54) is 0 Å². The van der Waals surface area contributed by atoms with Crippen LogP contribution in [0.15, 0.2) is 59.4 Å². The van der Waals surface area contributed by atoms with Crippen LogP contribution < -0.4 is 21.3 Å². The van der Waals surface area contributed by atoms with Gasteiger partial charge in [0.05, 0.1) is 20.2 Å². The molecule has 0 spiro atoms. The van der Waals surface area contributed by atoms with Crippen molar-refractivity contribution in [1.29, 1.82) is 0 Å². The molecule has 0 aliphatic carbocycles. The first-order chi connectivity index (χ1) is 16.6. The highest BCUT2D eigenvalue weighted by atomic mass is 19.4. The van der Waals surface area contributed by atoms with E-state index in [1.54, 1.807) is 11.8 Å². The Hall–Kier alpha value is -4.39. The van der Waals surface area contributed by atoms with Crippen LogP contribution in [0.3, 0.4) is 0 Å². The molecule has 0 aliphatic rings. The zero-order valence-corrected chi connectivity index (χ0v) is 18.3. The highest BCUT2D eigenvalue weighted by Crippen LogP contribution is 2.24. The summed E-state index contributed by atoms with van der Waals surface area (Å²) in [5.74, 6) is -0.998. The number of H-pyrrole nitrogens is 1. The number of rotatable bonds is 6. The van der Waals surface area contributed by atoms with Crippen molar-refractivity contribution in [3.05, 3.63) is 76.3 Å². The van der Waals surface area contributed by atoms with Crippen LogP contribution in [-0.4, -0.2) is 44.1 Å². The van der Waals surface area contributed by atoms with Gasteiger partial charge in [-0.15, -0.1) is 5.10 Å². The number of benzene rings is 2. The van der Waals surface area contributed by atoms with Crippen LogP contribution in [0.25, 0.3) is 11.0 Å². The Bertz CT molecular complexity index is 1350. The molecule has 0 atom stereocenters. The highest BCUT2D eigenvalue weighted by molar-refractivity contribution is 5.88. The predicted molar refractivity (Wildman–Crippen MR) is 122 cm³/mol. The minimum absolute atomic E-state index is 0.137. The first-order valence-corrected chi connectivity index (χ1v) is 10.1. The van der Waals surface area contributed by atoms with E-state index in [0.717, 1.165) is 17.0 Å². The lowest BCUT2D eigenvalue weighted by atomic mass is 10.2. The number of nitrogens with zero attached hydrogens (tertiary/aromatic N) is 3. The predicted octanol–water partition coefficient (Wildman–Crippen LogP) is 3.01. The van der Waals surface area contributed by atoms with E-state index in [9.17, 15) is 18.0 Å². The topological polar surface area (TPSA) is 148 Å². The molecule has 2 aromatic carbocycles. The first-order valence-electron chi connectivity index (χ1n) is 10.1. The second kappa shape index (κ2) is 10.7. The number of fused-ring (bicyclic) bond motifs is 1. The maximum atomic E-state index is 12.7. The Labute approximate surface area is 196 Å². The van der Waals surface area contributed by atoms with Gasteiger partial charge in [-0.25, -0.2) is 14.5 Å². The molecule has 2 heterocycles. The van der Waals surface area contributed by atoms with Crippen molar-refractivity contribution in [3.8, 4) is 5.75 Å². The van der Waals surface area contributed by atoms with Crippen molar-refractivity contribution >= 4 is 28.5 Å². The summed E-state index contributed by atoms with van der Waals surface area (Å²) in [6.45, 7) is 0.602. The van der Waals surface area contributed by atoms with Crippen molar-refractivity contribution in [2.75, 3.05) is 12.4 Å². The molecule has 0 unspecified atom stereocenters. The van der Waals surface area contributed by atoms with E-state index in [-0.39, 0.29) is 12.1 Å². The third kappa shape index (κ3) is 6.35. The fourth-order valence-corrected chi connectivity index (χ4v) is 2.99. The van der Waals surface area contributed by atoms with Crippen LogP contribution in [0.1, 0.15) is 11.4 Å². The third-order valence-corrected chi connectivity index (χ3v) is 4.62. The zero-order valence-electron chi connectivity index (χ0n) is 18.3. The molecule has 0 radical (unpaired) electrons. The second-order valence-corrected chi connectivity index (χ2v) is 7.06.